The van der Waals surface area contributed by atoms with Crippen molar-refractivity contribution < 1.29 is 4.74 Å². The predicted molar refractivity (Wildman–Crippen MR) is 48.5 cm³/mol. The Morgan fingerprint density at radius 2 is 2.46 bits per heavy atom. The van der Waals surface area contributed by atoms with Gasteiger partial charge in [-0.1, -0.05) is 6.07 Å². The fourth-order valence-electron chi connectivity index (χ4n) is 1.52. The zero-order chi connectivity index (χ0) is 9.26. The molecule has 1 aliphatic heterocycles. The molecule has 0 saturated carbocycles. The lowest BCUT2D eigenvalue weighted by Gasteiger charge is -2.05. The van der Waals surface area contributed by atoms with Gasteiger partial charge in [-0.15, -0.1) is 0 Å². The number of benzene rings is 1. The molecule has 0 bridgehead atoms. The lowest BCUT2D eigenvalue weighted by atomic mass is 10.1. The van der Waals surface area contributed by atoms with E-state index in [-0.39, 0.29) is 6.04 Å². The molecule has 0 aromatic heterocycles. The molecule has 66 valence electrons. The molecule has 1 aromatic carbocycles. The summed E-state index contributed by atoms with van der Waals surface area (Å²) in [7, 11) is 1.90. The lowest BCUT2D eigenvalue weighted by molar-refractivity contribution is 0.318. The van der Waals surface area contributed by atoms with Gasteiger partial charge in [0.15, 0.2) is 0 Å². The highest BCUT2D eigenvalue weighted by atomic mass is 16.5. The second-order valence-electron chi connectivity index (χ2n) is 3.02. The molecule has 0 unspecified atom stereocenters. The molecule has 13 heavy (non-hydrogen) atoms. The highest BCUT2D eigenvalue weighted by Gasteiger charge is 2.22. The van der Waals surface area contributed by atoms with Crippen molar-refractivity contribution in [3.8, 4) is 11.8 Å². The van der Waals surface area contributed by atoms with E-state index < -0.39 is 0 Å². The van der Waals surface area contributed by atoms with Crippen LogP contribution in [0.5, 0.6) is 5.75 Å². The minimum absolute atomic E-state index is 0.266. The fourth-order valence-corrected chi connectivity index (χ4v) is 1.52. The Balaban J connectivity index is 2.41. The van der Waals surface area contributed by atoms with Crippen LogP contribution in [0.4, 0.5) is 0 Å². The van der Waals surface area contributed by atoms with Crippen LogP contribution >= 0.6 is 0 Å². The Morgan fingerprint density at radius 3 is 3.15 bits per heavy atom. The minimum atomic E-state index is 0.266. The summed E-state index contributed by atoms with van der Waals surface area (Å²) in [6.45, 7) is 0.653. The molecule has 1 heterocycles. The summed E-state index contributed by atoms with van der Waals surface area (Å²) in [5.74, 6) is 0.832. The van der Waals surface area contributed by atoms with Crippen LogP contribution in [0.15, 0.2) is 18.2 Å². The smallest absolute Gasteiger partial charge is 0.125 e. The van der Waals surface area contributed by atoms with Crippen molar-refractivity contribution in [1.82, 2.24) is 5.32 Å². The topological polar surface area (TPSA) is 45.0 Å². The number of rotatable bonds is 1. The summed E-state index contributed by atoms with van der Waals surface area (Å²) in [6.07, 6.45) is 0. The average Bonchev–Trinajstić information content (AvgIpc) is 2.59. The minimum Gasteiger partial charge on any atom is -0.491 e. The van der Waals surface area contributed by atoms with E-state index in [0.717, 1.165) is 11.3 Å². The van der Waals surface area contributed by atoms with E-state index in [2.05, 4.69) is 11.4 Å². The molecule has 3 nitrogen and oxygen atoms in total. The highest BCUT2D eigenvalue weighted by Crippen LogP contribution is 2.32. The third kappa shape index (κ3) is 1.25. The maximum Gasteiger partial charge on any atom is 0.125 e. The first kappa shape index (κ1) is 8.09. The molecule has 1 aromatic rings. The molecule has 1 N–H and O–H groups in total. The Hall–Kier alpha value is -1.53. The normalized spacial score (nSPS) is 18.9. The molecule has 3 heteroatoms. The first-order chi connectivity index (χ1) is 6.35. The van der Waals surface area contributed by atoms with Crippen LogP contribution in [0.2, 0.25) is 0 Å². The lowest BCUT2D eigenvalue weighted by Crippen LogP contribution is -2.17. The Morgan fingerprint density at radius 1 is 1.62 bits per heavy atom. The number of nitrogens with zero attached hydrogens (tertiary/aromatic N) is 1. The number of hydrogen-bond acceptors (Lipinski definition) is 3. The molecule has 0 spiro atoms. The van der Waals surface area contributed by atoms with E-state index in [1.54, 1.807) is 6.07 Å². The van der Waals surface area contributed by atoms with Crippen molar-refractivity contribution in [3.05, 3.63) is 29.3 Å². The predicted octanol–water partition coefficient (Wildman–Crippen LogP) is 1.21. The van der Waals surface area contributed by atoms with Crippen molar-refractivity contribution in [2.75, 3.05) is 13.7 Å². The van der Waals surface area contributed by atoms with E-state index in [0.29, 0.717) is 12.2 Å². The van der Waals surface area contributed by atoms with E-state index in [9.17, 15) is 0 Å². The molecule has 0 fully saturated rings. The van der Waals surface area contributed by atoms with Crippen LogP contribution in [0, 0.1) is 11.3 Å². The Bertz CT molecular complexity index is 368. The standard InChI is InChI=1S/C10H10N2O/c1-12-9-6-13-10-4-7(5-11)2-3-8(9)10/h2-4,9,12H,6H2,1H3/t9-/m1/s1. The van der Waals surface area contributed by atoms with Gasteiger partial charge >= 0.3 is 0 Å². The number of fused-ring (bicyclic) bond motifs is 1. The summed E-state index contributed by atoms with van der Waals surface area (Å²) in [4.78, 5) is 0. The van der Waals surface area contributed by atoms with Gasteiger partial charge in [-0.05, 0) is 19.2 Å². The largest absolute Gasteiger partial charge is 0.491 e. The molecule has 1 atom stereocenters. The van der Waals surface area contributed by atoms with E-state index in [1.807, 2.05) is 19.2 Å². The van der Waals surface area contributed by atoms with Gasteiger partial charge in [0, 0.05) is 5.56 Å². The summed E-state index contributed by atoms with van der Waals surface area (Å²) in [5.41, 5.74) is 1.79. The zero-order valence-electron chi connectivity index (χ0n) is 7.37. The van der Waals surface area contributed by atoms with Crippen LogP contribution in [0.1, 0.15) is 17.2 Å². The highest BCUT2D eigenvalue weighted by molar-refractivity contribution is 5.46. The fraction of sp³-hybridized carbons (Fsp3) is 0.300. The van der Waals surface area contributed by atoms with Gasteiger partial charge in [-0.2, -0.15) is 5.26 Å². The van der Waals surface area contributed by atoms with Gasteiger partial charge in [-0.3, -0.25) is 0 Å². The van der Waals surface area contributed by atoms with Crippen molar-refractivity contribution in [2.45, 2.75) is 6.04 Å². The third-order valence-electron chi connectivity index (χ3n) is 2.27. The quantitative estimate of drug-likeness (QED) is 0.696. The van der Waals surface area contributed by atoms with Crippen molar-refractivity contribution in [1.29, 1.82) is 5.26 Å². The second-order valence-corrected chi connectivity index (χ2v) is 3.02. The third-order valence-corrected chi connectivity index (χ3v) is 2.27. The molecular weight excluding hydrogens is 164 g/mol. The molecule has 0 aliphatic carbocycles. The first-order valence-electron chi connectivity index (χ1n) is 4.19. The number of hydrogen-bond donors (Lipinski definition) is 1. The van der Waals surface area contributed by atoms with Crippen LogP contribution < -0.4 is 10.1 Å². The monoisotopic (exact) mass is 174 g/mol. The van der Waals surface area contributed by atoms with Crippen molar-refractivity contribution in [3.63, 3.8) is 0 Å². The number of nitrogens with one attached hydrogen (secondary N) is 1. The average molecular weight is 174 g/mol. The van der Waals surface area contributed by atoms with Gasteiger partial charge in [0.2, 0.25) is 0 Å². The zero-order valence-corrected chi connectivity index (χ0v) is 7.37. The van der Waals surface area contributed by atoms with Crippen molar-refractivity contribution >= 4 is 0 Å². The van der Waals surface area contributed by atoms with Gasteiger partial charge in [0.1, 0.15) is 12.4 Å². The maximum absolute atomic E-state index is 8.67. The molecule has 0 amide bonds. The van der Waals surface area contributed by atoms with E-state index in [1.165, 1.54) is 0 Å². The summed E-state index contributed by atoms with van der Waals surface area (Å²) in [6, 6.07) is 7.90. The molecular formula is C10H10N2O. The van der Waals surface area contributed by atoms with Gasteiger partial charge < -0.3 is 10.1 Å². The van der Waals surface area contributed by atoms with Gasteiger partial charge in [0.25, 0.3) is 0 Å². The van der Waals surface area contributed by atoms with Gasteiger partial charge in [-0.25, -0.2) is 0 Å². The SMILES string of the molecule is CN[C@@H]1COc2cc(C#N)ccc21. The number of ether oxygens (including phenoxy) is 1. The molecule has 2 rings (SSSR count). The Labute approximate surface area is 76.9 Å². The second kappa shape index (κ2) is 3.08. The van der Waals surface area contributed by atoms with Crippen LogP contribution in [0.25, 0.3) is 0 Å². The molecule has 0 saturated heterocycles. The van der Waals surface area contributed by atoms with Crippen LogP contribution in [-0.2, 0) is 0 Å². The Kier molecular flexibility index (Phi) is 1.91. The maximum atomic E-state index is 8.67. The summed E-state index contributed by atoms with van der Waals surface area (Å²) < 4.78 is 5.43. The summed E-state index contributed by atoms with van der Waals surface area (Å²) >= 11 is 0. The van der Waals surface area contributed by atoms with E-state index >= 15 is 0 Å². The van der Waals surface area contributed by atoms with Crippen LogP contribution in [-0.4, -0.2) is 13.7 Å². The van der Waals surface area contributed by atoms with Gasteiger partial charge in [0.05, 0.1) is 17.7 Å². The number of likely N-dealkylation sites (N-methyl/N-ethyl adjacent to an activating group) is 1. The van der Waals surface area contributed by atoms with Crippen molar-refractivity contribution in [2.24, 2.45) is 0 Å². The summed E-state index contributed by atoms with van der Waals surface area (Å²) in [5, 5.41) is 11.8. The first-order valence-corrected chi connectivity index (χ1v) is 4.19. The van der Waals surface area contributed by atoms with Crippen LogP contribution in [0.3, 0.4) is 0 Å². The van der Waals surface area contributed by atoms with E-state index in [4.69, 9.17) is 10.00 Å². The number of nitriles is 1. The molecule has 1 aliphatic rings. The molecule has 0 radical (unpaired) electrons.